The van der Waals surface area contributed by atoms with Gasteiger partial charge in [0.1, 0.15) is 0 Å². The minimum Gasteiger partial charge on any atom is -0.308 e. The van der Waals surface area contributed by atoms with Gasteiger partial charge in [0.15, 0.2) is 0 Å². The molecule has 0 radical (unpaired) electrons. The van der Waals surface area contributed by atoms with E-state index in [0.29, 0.717) is 12.1 Å². The summed E-state index contributed by atoms with van der Waals surface area (Å²) < 4.78 is 0. The van der Waals surface area contributed by atoms with Gasteiger partial charge in [-0.25, -0.2) is 0 Å². The summed E-state index contributed by atoms with van der Waals surface area (Å²) >= 11 is 7.74. The number of nitrogens with zero attached hydrogens (tertiary/aromatic N) is 1. The lowest BCUT2D eigenvalue weighted by Gasteiger charge is -2.25. The van der Waals surface area contributed by atoms with Crippen LogP contribution in [0.3, 0.4) is 0 Å². The predicted molar refractivity (Wildman–Crippen MR) is 88.6 cm³/mol. The van der Waals surface area contributed by atoms with Crippen molar-refractivity contribution in [3.63, 3.8) is 0 Å². The molecule has 20 heavy (non-hydrogen) atoms. The van der Waals surface area contributed by atoms with Gasteiger partial charge >= 0.3 is 0 Å². The van der Waals surface area contributed by atoms with Gasteiger partial charge in [-0.2, -0.15) is 0 Å². The molecule has 0 aliphatic rings. The third-order valence-corrected chi connectivity index (χ3v) is 4.71. The Morgan fingerprint density at radius 1 is 1.20 bits per heavy atom. The van der Waals surface area contributed by atoms with E-state index < -0.39 is 0 Å². The van der Waals surface area contributed by atoms with Gasteiger partial charge in [-0.3, -0.25) is 0 Å². The zero-order chi connectivity index (χ0) is 14.5. The smallest absolute Gasteiger partial charge is 0.0561 e. The van der Waals surface area contributed by atoms with E-state index in [1.54, 1.807) is 0 Å². The van der Waals surface area contributed by atoms with Crippen LogP contribution < -0.4 is 5.32 Å². The van der Waals surface area contributed by atoms with E-state index in [0.717, 1.165) is 11.6 Å². The number of benzene rings is 1. The maximum Gasteiger partial charge on any atom is 0.0561 e. The van der Waals surface area contributed by atoms with Crippen molar-refractivity contribution >= 4 is 22.9 Å². The van der Waals surface area contributed by atoms with Gasteiger partial charge in [0, 0.05) is 22.5 Å². The number of halogens is 1. The lowest BCUT2D eigenvalue weighted by molar-refractivity contribution is 0.285. The van der Waals surface area contributed by atoms with Crippen LogP contribution >= 0.6 is 22.9 Å². The van der Waals surface area contributed by atoms with E-state index in [9.17, 15) is 0 Å². The number of hydrogen-bond acceptors (Lipinski definition) is 3. The highest BCUT2D eigenvalue weighted by atomic mass is 35.5. The molecule has 1 heterocycles. The molecule has 0 aliphatic carbocycles. The van der Waals surface area contributed by atoms with Gasteiger partial charge in [0.2, 0.25) is 0 Å². The normalized spacial score (nSPS) is 14.4. The Morgan fingerprint density at radius 3 is 2.45 bits per heavy atom. The molecule has 0 aliphatic heterocycles. The number of hydrogen-bond donors (Lipinski definition) is 1. The van der Waals surface area contributed by atoms with Gasteiger partial charge in [-0.1, -0.05) is 29.8 Å². The van der Waals surface area contributed by atoms with Crippen LogP contribution in [-0.2, 0) is 0 Å². The summed E-state index contributed by atoms with van der Waals surface area (Å²) in [7, 11) is 4.25. The van der Waals surface area contributed by atoms with Crippen molar-refractivity contribution in [3.05, 3.63) is 57.2 Å². The Morgan fingerprint density at radius 2 is 1.90 bits per heavy atom. The minimum absolute atomic E-state index is 0.315. The van der Waals surface area contributed by atoms with E-state index in [1.165, 1.54) is 10.4 Å². The second kappa shape index (κ2) is 7.23. The van der Waals surface area contributed by atoms with E-state index in [-0.39, 0.29) is 0 Å². The molecule has 2 atom stereocenters. The summed E-state index contributed by atoms with van der Waals surface area (Å²) in [5.41, 5.74) is 1.26. The monoisotopic (exact) mass is 308 g/mol. The molecule has 0 saturated heterocycles. The van der Waals surface area contributed by atoms with Crippen molar-refractivity contribution in [2.45, 2.75) is 19.0 Å². The van der Waals surface area contributed by atoms with Crippen molar-refractivity contribution in [2.24, 2.45) is 0 Å². The number of likely N-dealkylation sites (N-methyl/N-ethyl adjacent to an activating group) is 1. The second-order valence-corrected chi connectivity index (χ2v) is 6.59. The SMILES string of the molecule is CC(NCC(c1cccs1)N(C)C)c1ccc(Cl)cc1. The molecule has 0 amide bonds. The summed E-state index contributed by atoms with van der Waals surface area (Å²) in [5, 5.41) is 6.53. The highest BCUT2D eigenvalue weighted by Crippen LogP contribution is 2.23. The number of thiophene rings is 1. The lowest BCUT2D eigenvalue weighted by Crippen LogP contribution is -2.32. The lowest BCUT2D eigenvalue weighted by atomic mass is 10.1. The number of rotatable bonds is 6. The van der Waals surface area contributed by atoms with Gasteiger partial charge in [-0.15, -0.1) is 11.3 Å². The summed E-state index contributed by atoms with van der Waals surface area (Å²) in [6.07, 6.45) is 0. The van der Waals surface area contributed by atoms with E-state index >= 15 is 0 Å². The van der Waals surface area contributed by atoms with Crippen molar-refractivity contribution in [1.82, 2.24) is 10.2 Å². The van der Waals surface area contributed by atoms with Crippen LogP contribution in [0.4, 0.5) is 0 Å². The maximum atomic E-state index is 5.93. The van der Waals surface area contributed by atoms with Crippen LogP contribution in [0.5, 0.6) is 0 Å². The molecular weight excluding hydrogens is 288 g/mol. The van der Waals surface area contributed by atoms with Crippen LogP contribution in [0.2, 0.25) is 5.02 Å². The maximum absolute atomic E-state index is 5.93. The third-order valence-electron chi connectivity index (χ3n) is 3.48. The van der Waals surface area contributed by atoms with Crippen molar-refractivity contribution in [3.8, 4) is 0 Å². The first kappa shape index (κ1) is 15.5. The topological polar surface area (TPSA) is 15.3 Å². The minimum atomic E-state index is 0.315. The molecule has 2 unspecified atom stereocenters. The first-order chi connectivity index (χ1) is 9.58. The van der Waals surface area contributed by atoms with Crippen molar-refractivity contribution in [2.75, 3.05) is 20.6 Å². The summed E-state index contributed by atoms with van der Waals surface area (Å²) in [4.78, 5) is 3.65. The summed E-state index contributed by atoms with van der Waals surface area (Å²) in [5.74, 6) is 0. The Balaban J connectivity index is 1.97. The number of nitrogens with one attached hydrogen (secondary N) is 1. The first-order valence-electron chi connectivity index (χ1n) is 6.76. The average Bonchev–Trinajstić information content (AvgIpc) is 2.93. The van der Waals surface area contributed by atoms with Gasteiger partial charge in [0.25, 0.3) is 0 Å². The second-order valence-electron chi connectivity index (χ2n) is 5.18. The predicted octanol–water partition coefficient (Wildman–Crippen LogP) is 4.36. The highest BCUT2D eigenvalue weighted by molar-refractivity contribution is 7.10. The fourth-order valence-electron chi connectivity index (χ4n) is 2.18. The van der Waals surface area contributed by atoms with Crippen LogP contribution in [0.15, 0.2) is 41.8 Å². The van der Waals surface area contributed by atoms with Gasteiger partial charge in [-0.05, 0) is 50.2 Å². The molecule has 1 aromatic carbocycles. The summed E-state index contributed by atoms with van der Waals surface area (Å²) in [6, 6.07) is 13.1. The summed E-state index contributed by atoms with van der Waals surface area (Å²) in [6.45, 7) is 3.11. The quantitative estimate of drug-likeness (QED) is 0.853. The van der Waals surface area contributed by atoms with Crippen LogP contribution in [0.1, 0.15) is 29.4 Å². The molecule has 1 N–H and O–H groups in total. The van der Waals surface area contributed by atoms with Crippen LogP contribution in [0, 0.1) is 0 Å². The fourth-order valence-corrected chi connectivity index (χ4v) is 3.22. The van der Waals surface area contributed by atoms with Crippen LogP contribution in [-0.4, -0.2) is 25.5 Å². The molecular formula is C16H21ClN2S. The molecule has 1 aromatic heterocycles. The zero-order valence-corrected chi connectivity index (χ0v) is 13.7. The zero-order valence-electron chi connectivity index (χ0n) is 12.1. The molecule has 2 nitrogen and oxygen atoms in total. The van der Waals surface area contributed by atoms with E-state index in [4.69, 9.17) is 11.6 Å². The standard InChI is InChI=1S/C16H21ClN2S/c1-12(13-6-8-14(17)9-7-13)18-11-15(19(2)3)16-5-4-10-20-16/h4-10,12,15,18H,11H2,1-3H3. The molecule has 2 aromatic rings. The molecule has 0 fully saturated rings. The van der Waals surface area contributed by atoms with E-state index in [1.807, 2.05) is 23.5 Å². The molecule has 108 valence electrons. The largest absolute Gasteiger partial charge is 0.308 e. The van der Waals surface area contributed by atoms with Crippen molar-refractivity contribution in [1.29, 1.82) is 0 Å². The van der Waals surface area contributed by atoms with Crippen LogP contribution in [0.25, 0.3) is 0 Å². The molecule has 2 rings (SSSR count). The highest BCUT2D eigenvalue weighted by Gasteiger charge is 2.16. The van der Waals surface area contributed by atoms with Gasteiger partial charge in [0.05, 0.1) is 6.04 Å². The molecule has 0 saturated carbocycles. The first-order valence-corrected chi connectivity index (χ1v) is 8.02. The Hall–Kier alpha value is -0.870. The Kier molecular flexibility index (Phi) is 5.61. The average molecular weight is 309 g/mol. The molecule has 4 heteroatoms. The van der Waals surface area contributed by atoms with Gasteiger partial charge < -0.3 is 10.2 Å². The fraction of sp³-hybridized carbons (Fsp3) is 0.375. The Bertz CT molecular complexity index is 508. The molecule has 0 bridgehead atoms. The van der Waals surface area contributed by atoms with E-state index in [2.05, 4.69) is 60.9 Å². The Labute approximate surface area is 130 Å². The van der Waals surface area contributed by atoms with Crippen molar-refractivity contribution < 1.29 is 0 Å². The molecule has 0 spiro atoms. The third kappa shape index (κ3) is 4.06.